The van der Waals surface area contributed by atoms with Gasteiger partial charge in [0, 0.05) is 0 Å². The zero-order chi connectivity index (χ0) is 11.6. The molecule has 0 aliphatic heterocycles. The minimum atomic E-state index is -4.88. The molecule has 0 saturated heterocycles. The maximum absolute atomic E-state index is 12.3. The molecule has 1 aromatic rings. The van der Waals surface area contributed by atoms with E-state index in [2.05, 4.69) is 0 Å². The zero-order valence-electron chi connectivity index (χ0n) is 7.32. The van der Waals surface area contributed by atoms with Crippen LogP contribution in [0.1, 0.15) is 11.5 Å². The predicted octanol–water partition coefficient (Wildman–Crippen LogP) is 2.12. The van der Waals surface area contributed by atoms with Crippen LogP contribution in [0.25, 0.3) is 0 Å². The molecule has 0 radical (unpaired) electrons. The normalized spacial score (nSPS) is 13.5. The number of aliphatic carboxylic acids is 1. The summed E-state index contributed by atoms with van der Waals surface area (Å²) in [6, 6.07) is 4.11. The van der Waals surface area contributed by atoms with Gasteiger partial charge < -0.3 is 10.2 Å². The van der Waals surface area contributed by atoms with Gasteiger partial charge in [-0.1, -0.05) is 12.1 Å². The van der Waals surface area contributed by atoms with Crippen LogP contribution >= 0.6 is 0 Å². The number of aromatic hydroxyl groups is 1. The van der Waals surface area contributed by atoms with Gasteiger partial charge in [-0.3, -0.25) is 4.79 Å². The quantitative estimate of drug-likeness (QED) is 0.802. The standard InChI is InChI=1S/C9H7F3O3/c10-9(11,12)7(8(14)15)5-2-1-3-6(13)4-5/h1-4,7,13H,(H,14,15). The third-order valence-corrected chi connectivity index (χ3v) is 1.78. The molecule has 1 atom stereocenters. The van der Waals surface area contributed by atoms with Gasteiger partial charge >= 0.3 is 12.1 Å². The number of halogens is 3. The molecule has 0 fully saturated rings. The number of hydrogen-bond acceptors (Lipinski definition) is 2. The van der Waals surface area contributed by atoms with Crippen molar-refractivity contribution in [3.05, 3.63) is 29.8 Å². The number of alkyl halides is 3. The fourth-order valence-corrected chi connectivity index (χ4v) is 1.18. The number of carbonyl (C=O) groups is 1. The minimum Gasteiger partial charge on any atom is -0.508 e. The Morgan fingerprint density at radius 2 is 1.93 bits per heavy atom. The smallest absolute Gasteiger partial charge is 0.406 e. The van der Waals surface area contributed by atoms with Gasteiger partial charge in [0.15, 0.2) is 5.92 Å². The van der Waals surface area contributed by atoms with Crippen molar-refractivity contribution >= 4 is 5.97 Å². The Hall–Kier alpha value is -1.72. The second-order valence-electron chi connectivity index (χ2n) is 2.91. The first-order valence-electron chi connectivity index (χ1n) is 3.91. The van der Waals surface area contributed by atoms with E-state index in [1.165, 1.54) is 6.07 Å². The van der Waals surface area contributed by atoms with Crippen molar-refractivity contribution in [2.45, 2.75) is 12.1 Å². The van der Waals surface area contributed by atoms with E-state index < -0.39 is 29.4 Å². The van der Waals surface area contributed by atoms with Gasteiger partial charge in [-0.25, -0.2) is 0 Å². The van der Waals surface area contributed by atoms with E-state index in [1.54, 1.807) is 0 Å². The van der Waals surface area contributed by atoms with Crippen molar-refractivity contribution in [1.82, 2.24) is 0 Å². The first kappa shape index (κ1) is 11.4. The summed E-state index contributed by atoms with van der Waals surface area (Å²) < 4.78 is 37.0. The second-order valence-corrected chi connectivity index (χ2v) is 2.91. The Morgan fingerprint density at radius 1 is 1.33 bits per heavy atom. The highest BCUT2D eigenvalue weighted by atomic mass is 19.4. The third kappa shape index (κ3) is 2.61. The third-order valence-electron chi connectivity index (χ3n) is 1.78. The topological polar surface area (TPSA) is 57.5 Å². The molecule has 1 unspecified atom stereocenters. The second kappa shape index (κ2) is 3.80. The summed E-state index contributed by atoms with van der Waals surface area (Å²) in [6.07, 6.45) is -4.88. The Labute approximate surface area is 82.8 Å². The predicted molar refractivity (Wildman–Crippen MR) is 44.5 cm³/mol. The highest BCUT2D eigenvalue weighted by Gasteiger charge is 2.46. The monoisotopic (exact) mass is 220 g/mol. The molecule has 1 rings (SSSR count). The summed E-state index contributed by atoms with van der Waals surface area (Å²) >= 11 is 0. The number of carboxylic acids is 1. The highest BCUT2D eigenvalue weighted by Crippen LogP contribution is 2.35. The molecule has 0 saturated carbocycles. The lowest BCUT2D eigenvalue weighted by Gasteiger charge is -2.16. The molecule has 0 aliphatic carbocycles. The van der Waals surface area contributed by atoms with Gasteiger partial charge in [-0.2, -0.15) is 13.2 Å². The van der Waals surface area contributed by atoms with Gasteiger partial charge in [0.05, 0.1) is 0 Å². The summed E-state index contributed by atoms with van der Waals surface area (Å²) in [5.41, 5.74) is -0.491. The average molecular weight is 220 g/mol. The average Bonchev–Trinajstić information content (AvgIpc) is 1.99. The van der Waals surface area contributed by atoms with Crippen LogP contribution < -0.4 is 0 Å². The van der Waals surface area contributed by atoms with Crippen LogP contribution in [0, 0.1) is 0 Å². The SMILES string of the molecule is O=C(O)C(c1cccc(O)c1)C(F)(F)F. The molecule has 0 spiro atoms. The van der Waals surface area contributed by atoms with Gasteiger partial charge in [-0.05, 0) is 17.7 Å². The molecule has 2 N–H and O–H groups in total. The molecule has 0 aliphatic rings. The fraction of sp³-hybridized carbons (Fsp3) is 0.222. The van der Waals surface area contributed by atoms with Gasteiger partial charge in [0.25, 0.3) is 0 Å². The van der Waals surface area contributed by atoms with Crippen molar-refractivity contribution in [2.24, 2.45) is 0 Å². The number of phenols is 1. The number of hydrogen-bond donors (Lipinski definition) is 2. The van der Waals surface area contributed by atoms with E-state index >= 15 is 0 Å². The van der Waals surface area contributed by atoms with Gasteiger partial charge in [0.2, 0.25) is 0 Å². The van der Waals surface area contributed by atoms with E-state index in [0.29, 0.717) is 0 Å². The number of rotatable bonds is 2. The molecular formula is C9H7F3O3. The lowest BCUT2D eigenvalue weighted by atomic mass is 9.98. The number of phenolic OH excluding ortho intramolecular Hbond substituents is 1. The molecule has 3 nitrogen and oxygen atoms in total. The Balaban J connectivity index is 3.16. The molecule has 82 valence electrons. The summed E-state index contributed by atoms with van der Waals surface area (Å²) in [4.78, 5) is 10.5. The lowest BCUT2D eigenvalue weighted by molar-refractivity contribution is -0.176. The first-order chi connectivity index (χ1) is 6.82. The zero-order valence-corrected chi connectivity index (χ0v) is 7.32. The van der Waals surface area contributed by atoms with E-state index in [-0.39, 0.29) is 0 Å². The van der Waals surface area contributed by atoms with Crippen LogP contribution in [0.15, 0.2) is 24.3 Å². The number of carboxylic acid groups (broad SMARTS) is 1. The first-order valence-corrected chi connectivity index (χ1v) is 3.91. The van der Waals surface area contributed by atoms with Crippen molar-refractivity contribution in [3.63, 3.8) is 0 Å². The molecule has 15 heavy (non-hydrogen) atoms. The molecule has 1 aromatic carbocycles. The Morgan fingerprint density at radius 3 is 2.33 bits per heavy atom. The van der Waals surface area contributed by atoms with E-state index in [1.807, 2.05) is 0 Å². The van der Waals surface area contributed by atoms with Crippen molar-refractivity contribution in [1.29, 1.82) is 0 Å². The molecule has 6 heteroatoms. The Kier molecular flexibility index (Phi) is 2.88. The molecule has 0 aromatic heterocycles. The van der Waals surface area contributed by atoms with Crippen molar-refractivity contribution < 1.29 is 28.2 Å². The van der Waals surface area contributed by atoms with Crippen LogP contribution in [0.4, 0.5) is 13.2 Å². The largest absolute Gasteiger partial charge is 0.508 e. The number of benzene rings is 1. The summed E-state index contributed by atoms with van der Waals surface area (Å²) in [7, 11) is 0. The van der Waals surface area contributed by atoms with Gasteiger partial charge in [0.1, 0.15) is 5.75 Å². The summed E-state index contributed by atoms with van der Waals surface area (Å²) in [5, 5.41) is 17.4. The van der Waals surface area contributed by atoms with Gasteiger partial charge in [-0.15, -0.1) is 0 Å². The van der Waals surface area contributed by atoms with Crippen LogP contribution in [0.2, 0.25) is 0 Å². The summed E-state index contributed by atoms with van der Waals surface area (Å²) in [6.45, 7) is 0. The van der Waals surface area contributed by atoms with E-state index in [9.17, 15) is 18.0 Å². The molecular weight excluding hydrogens is 213 g/mol. The highest BCUT2D eigenvalue weighted by molar-refractivity contribution is 5.77. The van der Waals surface area contributed by atoms with Crippen LogP contribution in [0.5, 0.6) is 5.75 Å². The van der Waals surface area contributed by atoms with Crippen molar-refractivity contribution in [3.8, 4) is 5.75 Å². The van der Waals surface area contributed by atoms with E-state index in [0.717, 1.165) is 18.2 Å². The fourth-order valence-electron chi connectivity index (χ4n) is 1.18. The van der Waals surface area contributed by atoms with Crippen molar-refractivity contribution in [2.75, 3.05) is 0 Å². The molecule has 0 amide bonds. The summed E-state index contributed by atoms with van der Waals surface area (Å²) in [5.74, 6) is -5.00. The maximum atomic E-state index is 12.3. The van der Waals surface area contributed by atoms with E-state index in [4.69, 9.17) is 10.2 Å². The van der Waals surface area contributed by atoms with Crippen LogP contribution in [-0.2, 0) is 4.79 Å². The molecule has 0 heterocycles. The lowest BCUT2D eigenvalue weighted by Crippen LogP contribution is -2.28. The van der Waals surface area contributed by atoms with Crippen LogP contribution in [0.3, 0.4) is 0 Å². The Bertz CT molecular complexity index is 373. The molecule has 0 bridgehead atoms. The van der Waals surface area contributed by atoms with Crippen LogP contribution in [-0.4, -0.2) is 22.4 Å². The maximum Gasteiger partial charge on any atom is 0.406 e. The minimum absolute atomic E-state index is 0.400.